The standard InChI is InChI=1S/C10H8N2O3/c11-5-1-2-8-3-4-10(12(14)15)9(6-8)7-13/h1-4,6,13H,7H2. The molecule has 1 aromatic rings. The molecule has 0 aliphatic carbocycles. The van der Waals surface area contributed by atoms with Crippen molar-refractivity contribution in [2.45, 2.75) is 6.61 Å². The molecular weight excluding hydrogens is 196 g/mol. The third-order valence-electron chi connectivity index (χ3n) is 1.82. The quantitative estimate of drug-likeness (QED) is 0.460. The number of aliphatic hydroxyl groups is 1. The Labute approximate surface area is 86.0 Å². The molecular formula is C10H8N2O3. The van der Waals surface area contributed by atoms with E-state index in [0.29, 0.717) is 5.56 Å². The molecule has 0 saturated carbocycles. The Bertz CT molecular complexity index is 446. The summed E-state index contributed by atoms with van der Waals surface area (Å²) in [7, 11) is 0. The van der Waals surface area contributed by atoms with Gasteiger partial charge in [0.05, 0.1) is 23.2 Å². The van der Waals surface area contributed by atoms with Crippen molar-refractivity contribution in [1.82, 2.24) is 0 Å². The maximum atomic E-state index is 10.5. The van der Waals surface area contributed by atoms with E-state index in [4.69, 9.17) is 10.4 Å². The van der Waals surface area contributed by atoms with E-state index in [1.54, 1.807) is 0 Å². The van der Waals surface area contributed by atoms with E-state index >= 15 is 0 Å². The molecule has 1 rings (SSSR count). The van der Waals surface area contributed by atoms with Gasteiger partial charge >= 0.3 is 0 Å². The van der Waals surface area contributed by atoms with Crippen LogP contribution >= 0.6 is 0 Å². The molecule has 0 unspecified atom stereocenters. The second-order valence-corrected chi connectivity index (χ2v) is 2.77. The fourth-order valence-corrected chi connectivity index (χ4v) is 1.15. The number of nitro benzene ring substituents is 1. The second kappa shape index (κ2) is 4.88. The summed E-state index contributed by atoms with van der Waals surface area (Å²) < 4.78 is 0. The summed E-state index contributed by atoms with van der Waals surface area (Å²) in [5.74, 6) is 0. The Morgan fingerprint density at radius 1 is 1.60 bits per heavy atom. The zero-order chi connectivity index (χ0) is 11.3. The minimum atomic E-state index is -0.552. The molecule has 1 aromatic carbocycles. The third kappa shape index (κ3) is 2.62. The van der Waals surface area contributed by atoms with Crippen LogP contribution in [-0.4, -0.2) is 10.0 Å². The lowest BCUT2D eigenvalue weighted by atomic mass is 10.1. The van der Waals surface area contributed by atoms with E-state index in [0.717, 1.165) is 0 Å². The molecule has 0 heterocycles. The maximum Gasteiger partial charge on any atom is 0.274 e. The van der Waals surface area contributed by atoms with Gasteiger partial charge in [-0.1, -0.05) is 0 Å². The molecule has 0 atom stereocenters. The van der Waals surface area contributed by atoms with Crippen molar-refractivity contribution in [1.29, 1.82) is 5.26 Å². The lowest BCUT2D eigenvalue weighted by Crippen LogP contribution is -1.95. The number of allylic oxidation sites excluding steroid dienone is 1. The van der Waals surface area contributed by atoms with Crippen LogP contribution in [0.15, 0.2) is 24.3 Å². The summed E-state index contributed by atoms with van der Waals surface area (Å²) in [6, 6.07) is 6.12. The van der Waals surface area contributed by atoms with Crippen LogP contribution in [0.2, 0.25) is 0 Å². The molecule has 0 spiro atoms. The number of aliphatic hydroxyl groups excluding tert-OH is 1. The Morgan fingerprint density at radius 2 is 2.33 bits per heavy atom. The van der Waals surface area contributed by atoms with Crippen LogP contribution < -0.4 is 0 Å². The van der Waals surface area contributed by atoms with Crippen LogP contribution in [-0.2, 0) is 6.61 Å². The van der Waals surface area contributed by atoms with E-state index in [2.05, 4.69) is 0 Å². The van der Waals surface area contributed by atoms with Crippen LogP contribution in [0.3, 0.4) is 0 Å². The topological polar surface area (TPSA) is 87.2 Å². The normalized spacial score (nSPS) is 10.1. The number of nitrogens with zero attached hydrogens (tertiary/aromatic N) is 2. The van der Waals surface area contributed by atoms with E-state index in [9.17, 15) is 10.1 Å². The van der Waals surface area contributed by atoms with Crippen LogP contribution in [0.4, 0.5) is 5.69 Å². The smallest absolute Gasteiger partial charge is 0.274 e. The van der Waals surface area contributed by atoms with E-state index in [-0.39, 0.29) is 11.3 Å². The Morgan fingerprint density at radius 3 is 2.87 bits per heavy atom. The summed E-state index contributed by atoms with van der Waals surface area (Å²) in [5, 5.41) is 27.8. The molecule has 0 fully saturated rings. The highest BCUT2D eigenvalue weighted by molar-refractivity contribution is 5.56. The molecule has 5 nitrogen and oxygen atoms in total. The van der Waals surface area contributed by atoms with Gasteiger partial charge in [-0.05, 0) is 23.8 Å². The zero-order valence-electron chi connectivity index (χ0n) is 7.75. The average molecular weight is 204 g/mol. The van der Waals surface area contributed by atoms with Crippen LogP contribution in [0.25, 0.3) is 6.08 Å². The highest BCUT2D eigenvalue weighted by Gasteiger charge is 2.12. The maximum absolute atomic E-state index is 10.5. The molecule has 15 heavy (non-hydrogen) atoms. The number of benzene rings is 1. The molecule has 1 N–H and O–H groups in total. The van der Waals surface area contributed by atoms with Gasteiger partial charge in [-0.2, -0.15) is 5.26 Å². The van der Waals surface area contributed by atoms with Crippen LogP contribution in [0.1, 0.15) is 11.1 Å². The van der Waals surface area contributed by atoms with Gasteiger partial charge in [0.15, 0.2) is 0 Å². The van der Waals surface area contributed by atoms with Crippen molar-refractivity contribution < 1.29 is 10.0 Å². The highest BCUT2D eigenvalue weighted by Crippen LogP contribution is 2.20. The van der Waals surface area contributed by atoms with Crippen molar-refractivity contribution in [3.8, 4) is 6.07 Å². The van der Waals surface area contributed by atoms with Gasteiger partial charge in [-0.25, -0.2) is 0 Å². The molecule has 0 amide bonds. The molecule has 0 radical (unpaired) electrons. The van der Waals surface area contributed by atoms with Crippen LogP contribution in [0, 0.1) is 21.4 Å². The summed E-state index contributed by atoms with van der Waals surface area (Å²) in [6.45, 7) is -0.398. The molecule has 0 aliphatic heterocycles. The second-order valence-electron chi connectivity index (χ2n) is 2.77. The number of hydrogen-bond acceptors (Lipinski definition) is 4. The van der Waals surface area contributed by atoms with Crippen LogP contribution in [0.5, 0.6) is 0 Å². The predicted octanol–water partition coefficient (Wildman–Crippen LogP) is 1.62. The van der Waals surface area contributed by atoms with Crippen molar-refractivity contribution in [3.05, 3.63) is 45.5 Å². The van der Waals surface area contributed by atoms with Gasteiger partial charge in [-0.3, -0.25) is 10.1 Å². The fourth-order valence-electron chi connectivity index (χ4n) is 1.15. The molecule has 0 bridgehead atoms. The number of hydrogen-bond donors (Lipinski definition) is 1. The lowest BCUT2D eigenvalue weighted by Gasteiger charge is -2.00. The van der Waals surface area contributed by atoms with E-state index in [1.165, 1.54) is 30.4 Å². The summed E-state index contributed by atoms with van der Waals surface area (Å²) in [4.78, 5) is 9.98. The SMILES string of the molecule is N#CC=Cc1ccc([N+](=O)[O-])c(CO)c1. The van der Waals surface area contributed by atoms with Crippen molar-refractivity contribution in [2.24, 2.45) is 0 Å². The number of nitro groups is 1. The van der Waals surface area contributed by atoms with Gasteiger partial charge < -0.3 is 5.11 Å². The number of nitriles is 1. The van der Waals surface area contributed by atoms with E-state index in [1.807, 2.05) is 6.07 Å². The van der Waals surface area contributed by atoms with Crippen molar-refractivity contribution in [3.63, 3.8) is 0 Å². The first-order valence-corrected chi connectivity index (χ1v) is 4.13. The first-order valence-electron chi connectivity index (χ1n) is 4.13. The summed E-state index contributed by atoms with van der Waals surface area (Å²) in [6.07, 6.45) is 2.78. The summed E-state index contributed by atoms with van der Waals surface area (Å²) in [5.41, 5.74) is 0.762. The largest absolute Gasteiger partial charge is 0.391 e. The lowest BCUT2D eigenvalue weighted by molar-refractivity contribution is -0.385. The molecule has 0 aliphatic rings. The summed E-state index contributed by atoms with van der Waals surface area (Å²) >= 11 is 0. The molecule has 76 valence electrons. The Hall–Kier alpha value is -2.19. The highest BCUT2D eigenvalue weighted by atomic mass is 16.6. The van der Waals surface area contributed by atoms with Gasteiger partial charge in [0.2, 0.25) is 0 Å². The zero-order valence-corrected chi connectivity index (χ0v) is 7.75. The van der Waals surface area contributed by atoms with Crippen molar-refractivity contribution in [2.75, 3.05) is 0 Å². The molecule has 5 heteroatoms. The van der Waals surface area contributed by atoms with Gasteiger partial charge in [0, 0.05) is 12.1 Å². The monoisotopic (exact) mass is 204 g/mol. The average Bonchev–Trinajstić information content (AvgIpc) is 2.25. The Balaban J connectivity index is 3.14. The fraction of sp³-hybridized carbons (Fsp3) is 0.100. The first kappa shape index (κ1) is 10.9. The van der Waals surface area contributed by atoms with Crippen molar-refractivity contribution >= 4 is 11.8 Å². The molecule has 0 saturated heterocycles. The minimum absolute atomic E-state index is 0.119. The Kier molecular flexibility index (Phi) is 3.55. The molecule has 0 aromatic heterocycles. The minimum Gasteiger partial charge on any atom is -0.391 e. The van der Waals surface area contributed by atoms with Gasteiger partial charge in [-0.15, -0.1) is 0 Å². The first-order chi connectivity index (χ1) is 7.19. The number of rotatable bonds is 3. The van der Waals surface area contributed by atoms with Gasteiger partial charge in [0.25, 0.3) is 5.69 Å². The van der Waals surface area contributed by atoms with E-state index < -0.39 is 11.5 Å². The van der Waals surface area contributed by atoms with Gasteiger partial charge in [0.1, 0.15) is 0 Å². The third-order valence-corrected chi connectivity index (χ3v) is 1.82. The predicted molar refractivity (Wildman–Crippen MR) is 53.7 cm³/mol.